The highest BCUT2D eigenvalue weighted by molar-refractivity contribution is 5.81. The Morgan fingerprint density at radius 3 is 1.84 bits per heavy atom. The Bertz CT molecular complexity index is 1440. The standard InChI is InChI=1S/C26H36N6O6/c1-15-13-17-18(14-16(15)2)31(11-9-27-23(35)37-25(3,4)5)20-19(29-17)21(33)32(22(34)30-20)12-10-28-24(36)38-26(6,7)8/h13-14H,9-12H2,1-8H3,(H,27,35)(H,28,36). The van der Waals surface area contributed by atoms with Gasteiger partial charge in [0.2, 0.25) is 0 Å². The van der Waals surface area contributed by atoms with E-state index in [2.05, 4.69) is 20.6 Å². The zero-order chi connectivity index (χ0) is 28.4. The number of fused-ring (bicyclic) bond motifs is 2. The van der Waals surface area contributed by atoms with Gasteiger partial charge in [0, 0.05) is 26.2 Å². The molecule has 2 aliphatic heterocycles. The van der Waals surface area contributed by atoms with Gasteiger partial charge < -0.3 is 24.7 Å². The Hall–Kier alpha value is -3.96. The van der Waals surface area contributed by atoms with E-state index in [0.29, 0.717) is 11.0 Å². The van der Waals surface area contributed by atoms with E-state index in [4.69, 9.17) is 9.47 Å². The van der Waals surface area contributed by atoms with Gasteiger partial charge in [-0.2, -0.15) is 4.98 Å². The van der Waals surface area contributed by atoms with Crippen molar-refractivity contribution >= 4 is 23.2 Å². The molecule has 2 heterocycles. The number of aryl methyl sites for hydroxylation is 2. The smallest absolute Gasteiger partial charge is 0.407 e. The summed E-state index contributed by atoms with van der Waals surface area (Å²) in [5.74, 6) is 0.109. The first-order valence-corrected chi connectivity index (χ1v) is 12.4. The molecule has 1 aromatic rings. The van der Waals surface area contributed by atoms with Crippen LogP contribution in [0.1, 0.15) is 52.7 Å². The van der Waals surface area contributed by atoms with Gasteiger partial charge in [-0.15, -0.1) is 0 Å². The van der Waals surface area contributed by atoms with Gasteiger partial charge in [-0.05, 0) is 78.6 Å². The second-order valence-corrected chi connectivity index (χ2v) is 11.1. The van der Waals surface area contributed by atoms with Crippen LogP contribution >= 0.6 is 0 Å². The number of alkyl carbamates (subject to hydrolysis) is 2. The molecule has 0 unspecified atom stereocenters. The van der Waals surface area contributed by atoms with Crippen LogP contribution in [0, 0.1) is 13.8 Å². The third kappa shape index (κ3) is 7.08. The summed E-state index contributed by atoms with van der Waals surface area (Å²) in [6.45, 7) is 14.7. The number of benzene rings is 1. The van der Waals surface area contributed by atoms with Crippen LogP contribution in [0.2, 0.25) is 0 Å². The van der Waals surface area contributed by atoms with Gasteiger partial charge in [0.1, 0.15) is 11.2 Å². The highest BCUT2D eigenvalue weighted by atomic mass is 16.6. The number of hydrogen-bond acceptors (Lipinski definition) is 8. The quantitative estimate of drug-likeness (QED) is 0.464. The number of amides is 2. The summed E-state index contributed by atoms with van der Waals surface area (Å²) in [6.07, 6.45) is -1.23. The molecule has 2 amide bonds. The van der Waals surface area contributed by atoms with E-state index < -0.39 is 34.6 Å². The molecule has 0 fully saturated rings. The topological polar surface area (TPSA) is 146 Å². The second kappa shape index (κ2) is 10.8. The molecule has 0 aliphatic carbocycles. The summed E-state index contributed by atoms with van der Waals surface area (Å²) < 4.78 is 13.1. The van der Waals surface area contributed by atoms with E-state index in [1.165, 1.54) is 0 Å². The Balaban J connectivity index is 1.98. The highest BCUT2D eigenvalue weighted by Crippen LogP contribution is 2.23. The number of aromatic nitrogens is 4. The molecule has 0 atom stereocenters. The van der Waals surface area contributed by atoms with Crippen molar-refractivity contribution in [1.29, 1.82) is 0 Å². The summed E-state index contributed by atoms with van der Waals surface area (Å²) in [6, 6.07) is 3.77. The molecule has 0 spiro atoms. The van der Waals surface area contributed by atoms with E-state index in [1.54, 1.807) is 46.1 Å². The van der Waals surface area contributed by atoms with E-state index in [0.717, 1.165) is 15.7 Å². The van der Waals surface area contributed by atoms with Crippen LogP contribution in [-0.4, -0.2) is 55.6 Å². The van der Waals surface area contributed by atoms with Crippen LogP contribution in [-0.2, 0) is 22.6 Å². The minimum atomic E-state index is -0.771. The van der Waals surface area contributed by atoms with Gasteiger partial charge in [-0.3, -0.25) is 9.36 Å². The summed E-state index contributed by atoms with van der Waals surface area (Å²) in [4.78, 5) is 59.0. The molecule has 0 saturated heterocycles. The molecule has 0 bridgehead atoms. The minimum Gasteiger partial charge on any atom is -0.444 e. The van der Waals surface area contributed by atoms with Crippen LogP contribution in [0.25, 0.3) is 22.6 Å². The third-order valence-electron chi connectivity index (χ3n) is 5.47. The molecule has 0 saturated carbocycles. The first-order valence-electron chi connectivity index (χ1n) is 12.4. The number of nitrogens with one attached hydrogen (secondary N) is 2. The fourth-order valence-electron chi connectivity index (χ4n) is 3.72. The maximum atomic E-state index is 13.4. The lowest BCUT2D eigenvalue weighted by Gasteiger charge is -2.21. The fraction of sp³-hybridized carbons (Fsp3) is 0.538. The van der Waals surface area contributed by atoms with Gasteiger partial charge in [-0.1, -0.05) is 0 Å². The van der Waals surface area contributed by atoms with Crippen LogP contribution in [0.4, 0.5) is 9.59 Å². The summed E-state index contributed by atoms with van der Waals surface area (Å²) in [5.41, 5.74) is 0.486. The Labute approximate surface area is 220 Å². The highest BCUT2D eigenvalue weighted by Gasteiger charge is 2.23. The maximum absolute atomic E-state index is 13.4. The van der Waals surface area contributed by atoms with Crippen molar-refractivity contribution in [2.24, 2.45) is 0 Å². The third-order valence-corrected chi connectivity index (χ3v) is 5.47. The Morgan fingerprint density at radius 2 is 1.32 bits per heavy atom. The van der Waals surface area contributed by atoms with E-state index in [1.807, 2.05) is 26.0 Å². The molecule has 38 heavy (non-hydrogen) atoms. The van der Waals surface area contributed by atoms with Gasteiger partial charge in [0.05, 0.1) is 11.0 Å². The van der Waals surface area contributed by atoms with Crippen LogP contribution in [0.15, 0.2) is 21.7 Å². The fourth-order valence-corrected chi connectivity index (χ4v) is 3.72. The van der Waals surface area contributed by atoms with Crippen molar-refractivity contribution in [2.75, 3.05) is 13.1 Å². The summed E-state index contributed by atoms with van der Waals surface area (Å²) in [5, 5.41) is 5.23. The lowest BCUT2D eigenvalue weighted by molar-refractivity contribution is 0.0514. The number of hydrogen-bond donors (Lipinski definition) is 2. The average Bonchev–Trinajstić information content (AvgIpc) is 2.75. The SMILES string of the molecule is Cc1cc2nc3c(=O)n(CCNC(=O)OC(C)(C)C)c(=O)nc-3n(CCNC(=O)OC(C)(C)C)c2cc1C. The first kappa shape index (κ1) is 28.6. The summed E-state index contributed by atoms with van der Waals surface area (Å²) >= 11 is 0. The zero-order valence-electron chi connectivity index (χ0n) is 23.2. The van der Waals surface area contributed by atoms with Crippen LogP contribution < -0.4 is 21.9 Å². The molecule has 0 radical (unpaired) electrons. The molecular weight excluding hydrogens is 492 g/mol. The van der Waals surface area contributed by atoms with Gasteiger partial charge >= 0.3 is 17.9 Å². The van der Waals surface area contributed by atoms with Crippen molar-refractivity contribution in [3.63, 3.8) is 0 Å². The number of ether oxygens (including phenoxy) is 2. The van der Waals surface area contributed by atoms with E-state index in [9.17, 15) is 19.2 Å². The predicted molar refractivity (Wildman–Crippen MR) is 143 cm³/mol. The molecule has 1 aromatic carbocycles. The number of nitrogens with zero attached hydrogens (tertiary/aromatic N) is 4. The molecule has 206 valence electrons. The molecule has 2 N–H and O–H groups in total. The Morgan fingerprint density at radius 1 is 0.816 bits per heavy atom. The zero-order valence-corrected chi connectivity index (χ0v) is 23.2. The normalized spacial score (nSPS) is 12.0. The molecule has 12 heteroatoms. The van der Waals surface area contributed by atoms with Gasteiger partial charge in [-0.25, -0.2) is 19.4 Å². The van der Waals surface area contributed by atoms with Crippen molar-refractivity contribution in [2.45, 2.75) is 79.7 Å². The van der Waals surface area contributed by atoms with Crippen LogP contribution in [0.3, 0.4) is 0 Å². The molecular formula is C26H36N6O6. The predicted octanol–water partition coefficient (Wildman–Crippen LogP) is 2.72. The molecule has 0 aromatic heterocycles. The lowest BCUT2D eigenvalue weighted by atomic mass is 10.1. The van der Waals surface area contributed by atoms with E-state index >= 15 is 0 Å². The molecule has 12 nitrogen and oxygen atoms in total. The van der Waals surface area contributed by atoms with Crippen molar-refractivity contribution in [3.8, 4) is 11.5 Å². The summed E-state index contributed by atoms with van der Waals surface area (Å²) in [7, 11) is 0. The Kier molecular flexibility index (Phi) is 8.13. The molecule has 3 rings (SSSR count). The number of rotatable bonds is 6. The minimum absolute atomic E-state index is 0.00916. The number of carbonyl (C=O) groups excluding carboxylic acids is 2. The maximum Gasteiger partial charge on any atom is 0.407 e. The monoisotopic (exact) mass is 528 g/mol. The van der Waals surface area contributed by atoms with Gasteiger partial charge in [0.25, 0.3) is 5.56 Å². The lowest BCUT2D eigenvalue weighted by Crippen LogP contribution is -2.42. The number of carbonyl (C=O) groups is 2. The largest absolute Gasteiger partial charge is 0.444 e. The van der Waals surface area contributed by atoms with Crippen molar-refractivity contribution < 1.29 is 19.1 Å². The van der Waals surface area contributed by atoms with Gasteiger partial charge in [0.15, 0.2) is 11.5 Å². The van der Waals surface area contributed by atoms with Crippen molar-refractivity contribution in [1.82, 2.24) is 29.7 Å². The van der Waals surface area contributed by atoms with E-state index in [-0.39, 0.29) is 37.7 Å². The second-order valence-electron chi connectivity index (χ2n) is 11.1. The first-order chi connectivity index (χ1) is 17.6. The average molecular weight is 529 g/mol. The van der Waals surface area contributed by atoms with Crippen LogP contribution in [0.5, 0.6) is 0 Å². The van der Waals surface area contributed by atoms with Crippen molar-refractivity contribution in [3.05, 3.63) is 44.1 Å². The molecule has 2 aliphatic rings.